The van der Waals surface area contributed by atoms with Crippen LogP contribution in [0.2, 0.25) is 0 Å². The van der Waals surface area contributed by atoms with Crippen LogP contribution in [-0.4, -0.2) is 24.6 Å². The lowest BCUT2D eigenvalue weighted by molar-refractivity contribution is -0.126. The minimum atomic E-state index is -0.248. The average Bonchev–Trinajstić information content (AvgIpc) is 3.14. The molecule has 0 spiro atoms. The van der Waals surface area contributed by atoms with Gasteiger partial charge in [0.25, 0.3) is 0 Å². The fourth-order valence-corrected chi connectivity index (χ4v) is 4.09. The smallest absolute Gasteiger partial charge is 0.243 e. The summed E-state index contributed by atoms with van der Waals surface area (Å²) in [5, 5.41) is 8.89. The van der Waals surface area contributed by atoms with Gasteiger partial charge in [0.2, 0.25) is 11.8 Å². The summed E-state index contributed by atoms with van der Waals surface area (Å²) in [5.74, 6) is 0.268. The van der Waals surface area contributed by atoms with Crippen molar-refractivity contribution in [2.75, 3.05) is 12.4 Å². The molecule has 0 bridgehead atoms. The van der Waals surface area contributed by atoms with Gasteiger partial charge in [-0.1, -0.05) is 37.5 Å². The quantitative estimate of drug-likeness (QED) is 0.433. The Balaban J connectivity index is 1.43. The molecule has 162 valence electrons. The molecule has 1 fully saturated rings. The summed E-state index contributed by atoms with van der Waals surface area (Å²) in [4.78, 5) is 24.8. The largest absolute Gasteiger partial charge is 0.495 e. The Morgan fingerprint density at radius 1 is 1.10 bits per heavy atom. The molecule has 1 aliphatic rings. The highest BCUT2D eigenvalue weighted by Crippen LogP contribution is 2.36. The minimum absolute atomic E-state index is 0.0268. The van der Waals surface area contributed by atoms with Gasteiger partial charge in [0, 0.05) is 28.5 Å². The Morgan fingerprint density at radius 2 is 1.87 bits per heavy atom. The predicted octanol–water partition coefficient (Wildman–Crippen LogP) is 5.00. The maximum Gasteiger partial charge on any atom is 0.243 e. The SMILES string of the molecule is COc1cc2c(cc1NC(=O)C/C(C)=N/NC(=O)C1CCCCC1)oc1ccccc12. The number of ether oxygens (including phenoxy) is 1. The van der Waals surface area contributed by atoms with Gasteiger partial charge in [0.1, 0.15) is 16.9 Å². The first-order valence-electron chi connectivity index (χ1n) is 10.7. The van der Waals surface area contributed by atoms with Gasteiger partial charge in [0.15, 0.2) is 0 Å². The van der Waals surface area contributed by atoms with Gasteiger partial charge in [-0.3, -0.25) is 9.59 Å². The molecular formula is C24H27N3O4. The van der Waals surface area contributed by atoms with E-state index in [0.29, 0.717) is 22.7 Å². The third-order valence-electron chi connectivity index (χ3n) is 5.72. The van der Waals surface area contributed by atoms with Gasteiger partial charge in [-0.05, 0) is 31.9 Å². The number of rotatable bonds is 6. The van der Waals surface area contributed by atoms with Crippen molar-refractivity contribution in [1.82, 2.24) is 5.43 Å². The summed E-state index contributed by atoms with van der Waals surface area (Å²) in [6.45, 7) is 1.72. The Kier molecular flexibility index (Phi) is 6.21. The zero-order valence-electron chi connectivity index (χ0n) is 17.9. The molecule has 0 radical (unpaired) electrons. The summed E-state index contributed by atoms with van der Waals surface area (Å²) in [6.07, 6.45) is 5.24. The van der Waals surface area contributed by atoms with Crippen LogP contribution >= 0.6 is 0 Å². The van der Waals surface area contributed by atoms with E-state index in [4.69, 9.17) is 9.15 Å². The normalized spacial score (nSPS) is 15.2. The van der Waals surface area contributed by atoms with E-state index in [1.165, 1.54) is 6.42 Å². The molecule has 7 heteroatoms. The lowest BCUT2D eigenvalue weighted by atomic mass is 9.89. The van der Waals surface area contributed by atoms with Crippen LogP contribution in [0.1, 0.15) is 45.4 Å². The van der Waals surface area contributed by atoms with Crippen molar-refractivity contribution in [1.29, 1.82) is 0 Å². The standard InChI is InChI=1S/C24H27N3O4/c1-15(26-27-24(29)16-8-4-3-5-9-16)12-23(28)25-19-14-21-18(13-22(19)30-2)17-10-6-7-11-20(17)31-21/h6-7,10-11,13-14,16H,3-5,8-9,12H2,1-2H3,(H,25,28)(H,27,29)/b26-15+. The number of hydrogen-bond donors (Lipinski definition) is 2. The summed E-state index contributed by atoms with van der Waals surface area (Å²) in [5.41, 5.74) is 5.12. The average molecular weight is 421 g/mol. The molecule has 2 N–H and O–H groups in total. The van der Waals surface area contributed by atoms with Gasteiger partial charge in [-0.15, -0.1) is 0 Å². The van der Waals surface area contributed by atoms with Crippen LogP contribution in [0.5, 0.6) is 5.75 Å². The van der Waals surface area contributed by atoms with Crippen molar-refractivity contribution in [2.24, 2.45) is 11.0 Å². The predicted molar refractivity (Wildman–Crippen MR) is 121 cm³/mol. The van der Waals surface area contributed by atoms with E-state index >= 15 is 0 Å². The minimum Gasteiger partial charge on any atom is -0.495 e. The van der Waals surface area contributed by atoms with Gasteiger partial charge < -0.3 is 14.5 Å². The second-order valence-corrected chi connectivity index (χ2v) is 8.03. The lowest BCUT2D eigenvalue weighted by Gasteiger charge is -2.19. The lowest BCUT2D eigenvalue weighted by Crippen LogP contribution is -2.29. The number of anilines is 1. The molecule has 0 atom stereocenters. The number of fused-ring (bicyclic) bond motifs is 3. The van der Waals surface area contributed by atoms with E-state index in [1.807, 2.05) is 30.3 Å². The molecule has 2 aromatic carbocycles. The van der Waals surface area contributed by atoms with E-state index in [2.05, 4.69) is 15.8 Å². The van der Waals surface area contributed by atoms with Crippen molar-refractivity contribution in [3.63, 3.8) is 0 Å². The number of para-hydroxylation sites is 1. The van der Waals surface area contributed by atoms with Crippen LogP contribution in [0, 0.1) is 5.92 Å². The molecule has 0 aliphatic heterocycles. The Bertz CT molecular complexity index is 1140. The molecule has 1 aromatic heterocycles. The first-order chi connectivity index (χ1) is 15.0. The number of nitrogens with one attached hydrogen (secondary N) is 2. The highest BCUT2D eigenvalue weighted by Gasteiger charge is 2.21. The number of amides is 2. The fraction of sp³-hybridized carbons (Fsp3) is 0.375. The van der Waals surface area contributed by atoms with E-state index in [1.54, 1.807) is 20.1 Å². The van der Waals surface area contributed by atoms with Crippen molar-refractivity contribution in [2.45, 2.75) is 45.4 Å². The molecular weight excluding hydrogens is 394 g/mol. The molecule has 2 amide bonds. The molecule has 1 heterocycles. The molecule has 1 saturated carbocycles. The third-order valence-corrected chi connectivity index (χ3v) is 5.72. The Morgan fingerprint density at radius 3 is 2.65 bits per heavy atom. The molecule has 4 rings (SSSR count). The van der Waals surface area contributed by atoms with Crippen LogP contribution < -0.4 is 15.5 Å². The van der Waals surface area contributed by atoms with E-state index in [9.17, 15) is 9.59 Å². The molecule has 3 aromatic rings. The van der Waals surface area contributed by atoms with Crippen LogP contribution in [0.4, 0.5) is 5.69 Å². The number of carbonyl (C=O) groups is 2. The first-order valence-corrected chi connectivity index (χ1v) is 10.7. The van der Waals surface area contributed by atoms with Crippen molar-refractivity contribution >= 4 is 45.2 Å². The van der Waals surface area contributed by atoms with Crippen LogP contribution in [-0.2, 0) is 9.59 Å². The second-order valence-electron chi connectivity index (χ2n) is 8.03. The zero-order chi connectivity index (χ0) is 21.8. The highest BCUT2D eigenvalue weighted by atomic mass is 16.5. The van der Waals surface area contributed by atoms with E-state index in [-0.39, 0.29) is 24.2 Å². The van der Waals surface area contributed by atoms with Gasteiger partial charge in [0.05, 0.1) is 19.2 Å². The maximum atomic E-state index is 12.6. The monoisotopic (exact) mass is 421 g/mol. The summed E-state index contributed by atoms with van der Waals surface area (Å²) < 4.78 is 11.4. The number of hydrazone groups is 1. The van der Waals surface area contributed by atoms with Gasteiger partial charge in [-0.2, -0.15) is 5.10 Å². The fourth-order valence-electron chi connectivity index (χ4n) is 4.09. The third kappa shape index (κ3) is 4.71. The van der Waals surface area contributed by atoms with Crippen molar-refractivity contribution in [3.05, 3.63) is 36.4 Å². The molecule has 31 heavy (non-hydrogen) atoms. The molecule has 0 saturated heterocycles. The number of methoxy groups -OCH3 is 1. The Labute approximate surface area is 180 Å². The number of nitrogens with zero attached hydrogens (tertiary/aromatic N) is 1. The first kappa shape index (κ1) is 20.9. The van der Waals surface area contributed by atoms with Gasteiger partial charge >= 0.3 is 0 Å². The number of hydrogen-bond acceptors (Lipinski definition) is 5. The van der Waals surface area contributed by atoms with Gasteiger partial charge in [-0.25, -0.2) is 5.43 Å². The van der Waals surface area contributed by atoms with E-state index in [0.717, 1.165) is 42.0 Å². The van der Waals surface area contributed by atoms with E-state index < -0.39 is 0 Å². The summed E-state index contributed by atoms with van der Waals surface area (Å²) >= 11 is 0. The maximum absolute atomic E-state index is 12.6. The second kappa shape index (κ2) is 9.20. The number of furan rings is 1. The van der Waals surface area contributed by atoms with Crippen LogP contribution in [0.25, 0.3) is 21.9 Å². The highest BCUT2D eigenvalue weighted by molar-refractivity contribution is 6.10. The van der Waals surface area contributed by atoms with Crippen LogP contribution in [0.3, 0.4) is 0 Å². The van der Waals surface area contributed by atoms with Crippen LogP contribution in [0.15, 0.2) is 45.9 Å². The molecule has 7 nitrogen and oxygen atoms in total. The Hall–Kier alpha value is -3.35. The van der Waals surface area contributed by atoms with Crippen molar-refractivity contribution < 1.29 is 18.7 Å². The molecule has 0 unspecified atom stereocenters. The number of benzene rings is 2. The number of carbonyl (C=O) groups excluding carboxylic acids is 2. The molecule has 1 aliphatic carbocycles. The zero-order valence-corrected chi connectivity index (χ0v) is 17.9. The van der Waals surface area contributed by atoms with Crippen molar-refractivity contribution in [3.8, 4) is 5.75 Å². The summed E-state index contributed by atoms with van der Waals surface area (Å²) in [6, 6.07) is 11.4. The summed E-state index contributed by atoms with van der Waals surface area (Å²) in [7, 11) is 1.56. The topological polar surface area (TPSA) is 92.9 Å².